The Morgan fingerprint density at radius 2 is 1.02 bits per heavy atom. The summed E-state index contributed by atoms with van der Waals surface area (Å²) in [6.07, 6.45) is 13.5. The van der Waals surface area contributed by atoms with Crippen LogP contribution in [-0.4, -0.2) is 101 Å². The van der Waals surface area contributed by atoms with Crippen molar-refractivity contribution in [2.24, 2.45) is 0 Å². The van der Waals surface area contributed by atoms with Gasteiger partial charge in [0.25, 0.3) is 0 Å². The fraction of sp³-hybridized carbons (Fsp3) is 0.273. The lowest BCUT2D eigenvalue weighted by atomic mass is 10.2. The summed E-state index contributed by atoms with van der Waals surface area (Å²) in [6, 6.07) is 22.1. The number of anilines is 3. The zero-order valence-corrected chi connectivity index (χ0v) is 35.4. The summed E-state index contributed by atoms with van der Waals surface area (Å²) in [7, 11) is 6.48. The normalized spacial score (nSPS) is 10.1. The fourth-order valence-electron chi connectivity index (χ4n) is 5.04. The van der Waals surface area contributed by atoms with Gasteiger partial charge in [-0.25, -0.2) is 19.9 Å². The number of nitrogen functional groups attached to an aromatic ring is 1. The molecule has 4 aromatic carbocycles. The number of hydrogen-bond acceptors (Lipinski definition) is 14. The Morgan fingerprint density at radius 1 is 0.567 bits per heavy atom. The Bertz CT molecular complexity index is 2320. The third-order valence-electron chi connectivity index (χ3n) is 7.88. The van der Waals surface area contributed by atoms with E-state index < -0.39 is 0 Å². The van der Waals surface area contributed by atoms with Crippen molar-refractivity contribution in [2.45, 2.75) is 0 Å². The van der Waals surface area contributed by atoms with Gasteiger partial charge >= 0.3 is 0 Å². The molecule has 3 N–H and O–H groups in total. The summed E-state index contributed by atoms with van der Waals surface area (Å²) in [6.45, 7) is 3.52. The van der Waals surface area contributed by atoms with E-state index in [1.807, 2.05) is 48.5 Å². The first kappa shape index (κ1) is 48.3. The topological polar surface area (TPSA) is 163 Å². The van der Waals surface area contributed by atoms with Crippen molar-refractivity contribution in [3.63, 3.8) is 0 Å². The maximum absolute atomic E-state index is 6.08. The van der Waals surface area contributed by atoms with Gasteiger partial charge in [0.05, 0.1) is 37.5 Å². The number of fused-ring (bicyclic) bond motifs is 2. The highest BCUT2D eigenvalue weighted by Gasteiger charge is 2.14. The molecule has 316 valence electrons. The van der Waals surface area contributed by atoms with E-state index in [1.165, 1.54) is 12.7 Å². The summed E-state index contributed by atoms with van der Waals surface area (Å²) in [5, 5.41) is 5.19. The first-order valence-electron chi connectivity index (χ1n) is 18.2. The lowest BCUT2D eigenvalue weighted by molar-refractivity contribution is 0.132. The number of benzene rings is 4. The van der Waals surface area contributed by atoms with E-state index in [9.17, 15) is 0 Å². The lowest BCUT2D eigenvalue weighted by Gasteiger charge is -2.15. The first-order valence-corrected chi connectivity index (χ1v) is 18.6. The van der Waals surface area contributed by atoms with Gasteiger partial charge in [0, 0.05) is 73.8 Å². The molecule has 0 spiro atoms. The number of terminal acetylenes is 2. The molecule has 0 saturated heterocycles. The van der Waals surface area contributed by atoms with Crippen LogP contribution in [0, 0.1) is 24.7 Å². The van der Waals surface area contributed by atoms with Gasteiger partial charge in [-0.3, -0.25) is 0 Å². The molecule has 2 aromatic heterocycles. The highest BCUT2D eigenvalue weighted by Crippen LogP contribution is 2.36. The second-order valence-electron chi connectivity index (χ2n) is 12.0. The smallest absolute Gasteiger partial charge is 0.163 e. The lowest BCUT2D eigenvalue weighted by Crippen LogP contribution is -2.09. The summed E-state index contributed by atoms with van der Waals surface area (Å²) >= 11 is 6.08. The number of methoxy groups -OCH3 is 4. The van der Waals surface area contributed by atoms with Crippen molar-refractivity contribution in [3.05, 3.63) is 102 Å². The van der Waals surface area contributed by atoms with Crippen LogP contribution in [0.3, 0.4) is 0 Å². The molecule has 60 heavy (non-hydrogen) atoms. The van der Waals surface area contributed by atoms with Crippen molar-refractivity contribution >= 4 is 63.0 Å². The number of rotatable bonds is 18. The first-order chi connectivity index (χ1) is 28.8. The maximum atomic E-state index is 6.08. The van der Waals surface area contributed by atoms with Crippen LogP contribution >= 0.6 is 24.0 Å². The quantitative estimate of drug-likeness (QED) is 0.0380. The monoisotopic (exact) mass is 858 g/mol. The van der Waals surface area contributed by atoms with Crippen LogP contribution < -0.4 is 30.0 Å². The molecule has 6 aromatic rings. The SMILES string of the molecule is C#Cc1cccc(N)c1.C#Cc1cccc(Nc2ncnc3cc(OCCOC)c(OCCOC)cc23)c1.COCCOc1cc2ncnc(Cl)c2cc1OCCOC.Cl. The van der Waals surface area contributed by atoms with Crippen LogP contribution in [0.15, 0.2) is 85.5 Å². The Hall–Kier alpha value is -6.10. The number of halogens is 2. The van der Waals surface area contributed by atoms with Gasteiger partial charge in [-0.1, -0.05) is 35.6 Å². The molecule has 0 aliphatic rings. The summed E-state index contributed by atoms with van der Waals surface area (Å²) < 4.78 is 43.1. The van der Waals surface area contributed by atoms with E-state index in [2.05, 4.69) is 37.1 Å². The highest BCUT2D eigenvalue weighted by atomic mass is 35.5. The summed E-state index contributed by atoms with van der Waals surface area (Å²) in [5.74, 6) is 8.10. The highest BCUT2D eigenvalue weighted by molar-refractivity contribution is 6.34. The average Bonchev–Trinajstić information content (AvgIpc) is 3.25. The molecule has 0 aliphatic carbocycles. The van der Waals surface area contributed by atoms with Gasteiger partial charge in [-0.05, 0) is 48.5 Å². The van der Waals surface area contributed by atoms with Crippen LogP contribution in [0.2, 0.25) is 5.15 Å². The Labute approximate surface area is 361 Å². The van der Waals surface area contributed by atoms with Crippen LogP contribution in [0.1, 0.15) is 11.1 Å². The largest absolute Gasteiger partial charge is 0.487 e. The van der Waals surface area contributed by atoms with E-state index in [1.54, 1.807) is 52.7 Å². The molecule has 0 radical (unpaired) electrons. The molecule has 0 aliphatic heterocycles. The maximum Gasteiger partial charge on any atom is 0.163 e. The molecule has 0 fully saturated rings. The number of ether oxygens (including phenoxy) is 8. The van der Waals surface area contributed by atoms with Gasteiger partial charge in [0.2, 0.25) is 0 Å². The Kier molecular flexibility index (Phi) is 21.6. The molecular weight excluding hydrogens is 811 g/mol. The van der Waals surface area contributed by atoms with Gasteiger partial charge in [-0.15, -0.1) is 25.3 Å². The molecule has 14 nitrogen and oxygen atoms in total. The van der Waals surface area contributed by atoms with Crippen molar-refractivity contribution in [2.75, 3.05) is 92.3 Å². The van der Waals surface area contributed by atoms with Gasteiger partial charge in [0.15, 0.2) is 23.0 Å². The molecule has 0 unspecified atom stereocenters. The minimum absolute atomic E-state index is 0. The molecule has 0 atom stereocenters. The second-order valence-corrected chi connectivity index (χ2v) is 12.4. The van der Waals surface area contributed by atoms with E-state index in [4.69, 9.17) is 68.1 Å². The molecule has 0 saturated carbocycles. The predicted octanol–water partition coefficient (Wildman–Crippen LogP) is 7.41. The van der Waals surface area contributed by atoms with E-state index in [-0.39, 0.29) is 12.4 Å². The van der Waals surface area contributed by atoms with Crippen molar-refractivity contribution in [1.29, 1.82) is 0 Å². The fourth-order valence-corrected chi connectivity index (χ4v) is 5.23. The number of hydrogen-bond donors (Lipinski definition) is 2. The number of nitrogens with two attached hydrogens (primary N) is 1. The predicted molar refractivity (Wildman–Crippen MR) is 237 cm³/mol. The number of nitrogens with zero attached hydrogens (tertiary/aromatic N) is 4. The Morgan fingerprint density at radius 3 is 1.50 bits per heavy atom. The third kappa shape index (κ3) is 15.3. The minimum atomic E-state index is 0. The van der Waals surface area contributed by atoms with Crippen LogP contribution in [0.4, 0.5) is 17.2 Å². The standard InChI is InChI=1S/C22H23N3O4.C14H17ClN2O4.C8H7N.ClH/c1-4-16-6-5-7-17(12-16)25-22-18-13-20(28-10-8-26-2)21(29-11-9-27-3)14-19(18)23-15-24-22;1-18-3-5-20-12-7-10-11(16-9-17-14(10)15)8-13(12)21-6-4-19-2;1-2-7-4-3-5-8(9)6-7;/h1,5-7,12-15H,8-11H2,2-3H3,(H,23,24,25);7-9H,3-6H2,1-2H3;1,3-6H,9H2;1H. The zero-order valence-electron chi connectivity index (χ0n) is 33.8. The summed E-state index contributed by atoms with van der Waals surface area (Å²) in [4.78, 5) is 16.9. The molecule has 16 heteroatoms. The van der Waals surface area contributed by atoms with Gasteiger partial charge in [-0.2, -0.15) is 0 Å². The third-order valence-corrected chi connectivity index (χ3v) is 8.18. The Balaban J connectivity index is 0.000000270. The molecule has 2 heterocycles. The van der Waals surface area contributed by atoms with Crippen molar-refractivity contribution < 1.29 is 37.9 Å². The van der Waals surface area contributed by atoms with Crippen molar-refractivity contribution in [1.82, 2.24) is 19.9 Å². The van der Waals surface area contributed by atoms with Gasteiger partial charge in [0.1, 0.15) is 50.1 Å². The molecule has 0 bridgehead atoms. The van der Waals surface area contributed by atoms with Crippen molar-refractivity contribution in [3.8, 4) is 47.7 Å². The molecular formula is C44H48Cl2N6O8. The average molecular weight is 860 g/mol. The minimum Gasteiger partial charge on any atom is -0.487 e. The van der Waals surface area contributed by atoms with Crippen LogP contribution in [-0.2, 0) is 18.9 Å². The molecule has 6 rings (SSSR count). The van der Waals surface area contributed by atoms with E-state index in [0.29, 0.717) is 103 Å². The van der Waals surface area contributed by atoms with E-state index >= 15 is 0 Å². The number of aromatic nitrogens is 4. The number of nitrogens with one attached hydrogen (secondary N) is 1. The van der Waals surface area contributed by atoms with Crippen LogP contribution in [0.5, 0.6) is 23.0 Å². The van der Waals surface area contributed by atoms with Crippen LogP contribution in [0.25, 0.3) is 21.8 Å². The second kappa shape index (κ2) is 26.8. The molecule has 0 amide bonds. The zero-order chi connectivity index (χ0) is 42.2. The van der Waals surface area contributed by atoms with Gasteiger partial charge < -0.3 is 48.9 Å². The van der Waals surface area contributed by atoms with E-state index in [0.717, 1.165) is 27.7 Å². The summed E-state index contributed by atoms with van der Waals surface area (Å²) in [5.41, 5.74) is 10.0.